The van der Waals surface area contributed by atoms with Crippen LogP contribution in [-0.4, -0.2) is 22.4 Å². The fourth-order valence-corrected chi connectivity index (χ4v) is 4.17. The topological polar surface area (TPSA) is 71.5 Å². The first-order chi connectivity index (χ1) is 12.2. The molecule has 3 aliphatic rings. The van der Waals surface area contributed by atoms with Gasteiger partial charge in [0.25, 0.3) is 0 Å². The number of phenols is 1. The molecular formula is C20H14O5. The number of aliphatic hydroxyl groups excluding tert-OH is 1. The minimum Gasteiger partial charge on any atom is -0.508 e. The molecule has 25 heavy (non-hydrogen) atoms. The molecule has 1 spiro atoms. The zero-order valence-electron chi connectivity index (χ0n) is 13.0. The highest BCUT2D eigenvalue weighted by Gasteiger charge is 2.68. The number of phenolic OH excluding ortho intramolecular Hbond substituents is 1. The van der Waals surface area contributed by atoms with Crippen molar-refractivity contribution >= 4 is 10.8 Å². The summed E-state index contributed by atoms with van der Waals surface area (Å²) >= 11 is 0. The van der Waals surface area contributed by atoms with Crippen LogP contribution in [0.2, 0.25) is 0 Å². The van der Waals surface area contributed by atoms with Gasteiger partial charge >= 0.3 is 5.79 Å². The maximum atomic E-state index is 10.5. The summed E-state index contributed by atoms with van der Waals surface area (Å²) in [7, 11) is 0. The van der Waals surface area contributed by atoms with Crippen LogP contribution >= 0.6 is 0 Å². The number of rotatable bonds is 0. The summed E-state index contributed by atoms with van der Waals surface area (Å²) in [5.74, 6) is 0.224. The van der Waals surface area contributed by atoms with Gasteiger partial charge in [-0.15, -0.1) is 0 Å². The fourth-order valence-electron chi connectivity index (χ4n) is 4.17. The van der Waals surface area contributed by atoms with Gasteiger partial charge in [-0.1, -0.05) is 36.4 Å². The van der Waals surface area contributed by atoms with Gasteiger partial charge in [-0.3, -0.25) is 0 Å². The van der Waals surface area contributed by atoms with E-state index >= 15 is 0 Å². The Kier molecular flexibility index (Phi) is 2.30. The lowest BCUT2D eigenvalue weighted by atomic mass is 9.83. The third-order valence-electron chi connectivity index (χ3n) is 5.32. The maximum Gasteiger partial charge on any atom is 0.307 e. The van der Waals surface area contributed by atoms with E-state index in [4.69, 9.17) is 14.2 Å². The van der Waals surface area contributed by atoms with Gasteiger partial charge in [-0.05, 0) is 23.6 Å². The molecule has 0 radical (unpaired) electrons. The molecule has 2 heterocycles. The van der Waals surface area contributed by atoms with Crippen molar-refractivity contribution < 1.29 is 24.4 Å². The minimum absolute atomic E-state index is 0.0163. The van der Waals surface area contributed by atoms with E-state index < -0.39 is 24.1 Å². The molecule has 2 N–H and O–H groups in total. The lowest BCUT2D eigenvalue weighted by Crippen LogP contribution is -2.50. The van der Waals surface area contributed by atoms with E-state index in [9.17, 15) is 10.2 Å². The Labute approximate surface area is 143 Å². The third kappa shape index (κ3) is 1.55. The molecule has 5 nitrogen and oxygen atoms in total. The molecule has 1 fully saturated rings. The lowest BCUT2D eigenvalue weighted by molar-refractivity contribution is -0.148. The highest BCUT2D eigenvalue weighted by Crippen LogP contribution is 2.58. The van der Waals surface area contributed by atoms with Gasteiger partial charge in [-0.2, -0.15) is 0 Å². The van der Waals surface area contributed by atoms with E-state index in [2.05, 4.69) is 0 Å². The van der Waals surface area contributed by atoms with Crippen molar-refractivity contribution in [3.05, 3.63) is 65.7 Å². The summed E-state index contributed by atoms with van der Waals surface area (Å²) in [6.45, 7) is 0. The maximum absolute atomic E-state index is 10.5. The molecule has 0 aromatic heterocycles. The largest absolute Gasteiger partial charge is 0.508 e. The van der Waals surface area contributed by atoms with Crippen LogP contribution in [-0.2, 0) is 10.5 Å². The number of hydrogen-bond donors (Lipinski definition) is 2. The van der Waals surface area contributed by atoms with Gasteiger partial charge in [0.15, 0.2) is 6.10 Å². The molecule has 0 unspecified atom stereocenters. The normalized spacial score (nSPS) is 27.2. The number of aliphatic hydroxyl groups is 1. The van der Waals surface area contributed by atoms with Crippen molar-refractivity contribution in [2.45, 2.75) is 24.1 Å². The van der Waals surface area contributed by atoms with E-state index in [1.165, 1.54) is 0 Å². The summed E-state index contributed by atoms with van der Waals surface area (Å²) in [6, 6.07) is 16.8. The number of benzene rings is 3. The van der Waals surface area contributed by atoms with Gasteiger partial charge in [0.05, 0.1) is 5.39 Å². The average molecular weight is 334 g/mol. The van der Waals surface area contributed by atoms with Crippen LogP contribution in [0.25, 0.3) is 10.8 Å². The third-order valence-corrected chi connectivity index (χ3v) is 5.32. The smallest absolute Gasteiger partial charge is 0.307 e. The molecule has 0 saturated carbocycles. The van der Waals surface area contributed by atoms with E-state index in [1.807, 2.05) is 42.5 Å². The predicted octanol–water partition coefficient (Wildman–Crippen LogP) is 2.98. The number of fused-ring (bicyclic) bond motifs is 4. The number of ether oxygens (including phenoxy) is 3. The van der Waals surface area contributed by atoms with E-state index in [0.717, 1.165) is 10.8 Å². The molecule has 1 aliphatic carbocycles. The van der Waals surface area contributed by atoms with Crippen molar-refractivity contribution in [2.24, 2.45) is 0 Å². The Morgan fingerprint density at radius 1 is 0.880 bits per heavy atom. The second kappa shape index (κ2) is 4.25. The average Bonchev–Trinajstić information content (AvgIpc) is 3.42. The molecule has 2 aliphatic heterocycles. The Balaban J connectivity index is 1.63. The molecule has 3 aromatic carbocycles. The Morgan fingerprint density at radius 3 is 2.28 bits per heavy atom. The number of aromatic hydroxyl groups is 1. The quantitative estimate of drug-likeness (QED) is 0.619. The van der Waals surface area contributed by atoms with Crippen molar-refractivity contribution in [1.29, 1.82) is 0 Å². The molecule has 1 saturated heterocycles. The van der Waals surface area contributed by atoms with E-state index in [0.29, 0.717) is 22.6 Å². The van der Waals surface area contributed by atoms with Crippen LogP contribution in [0.4, 0.5) is 0 Å². The molecule has 3 aromatic rings. The van der Waals surface area contributed by atoms with Crippen LogP contribution in [0, 0.1) is 0 Å². The number of hydrogen-bond acceptors (Lipinski definition) is 5. The molecule has 3 atom stereocenters. The SMILES string of the molecule is Oc1cccc2c1[C@H](O)[C@H]1O[C@H]1C21Oc2cccc3cccc(c23)O1. The van der Waals surface area contributed by atoms with Crippen LogP contribution in [0.15, 0.2) is 54.6 Å². The van der Waals surface area contributed by atoms with Gasteiger partial charge in [0.2, 0.25) is 0 Å². The molecule has 0 bridgehead atoms. The number of epoxide rings is 1. The van der Waals surface area contributed by atoms with Gasteiger partial charge in [0.1, 0.15) is 29.5 Å². The first kappa shape index (κ1) is 13.5. The molecular weight excluding hydrogens is 320 g/mol. The monoisotopic (exact) mass is 334 g/mol. The second-order valence-electron chi connectivity index (χ2n) is 6.69. The van der Waals surface area contributed by atoms with Crippen molar-refractivity contribution in [3.63, 3.8) is 0 Å². The molecule has 124 valence electrons. The van der Waals surface area contributed by atoms with Gasteiger partial charge in [0, 0.05) is 11.1 Å². The second-order valence-corrected chi connectivity index (χ2v) is 6.69. The van der Waals surface area contributed by atoms with Crippen LogP contribution in [0.1, 0.15) is 17.2 Å². The van der Waals surface area contributed by atoms with Crippen LogP contribution in [0.5, 0.6) is 17.2 Å². The first-order valence-electron chi connectivity index (χ1n) is 8.25. The summed E-state index contributed by atoms with van der Waals surface area (Å²) < 4.78 is 18.4. The first-order valence-corrected chi connectivity index (χ1v) is 8.25. The summed E-state index contributed by atoms with van der Waals surface area (Å²) in [4.78, 5) is 0. The van der Waals surface area contributed by atoms with E-state index in [1.54, 1.807) is 12.1 Å². The Bertz CT molecular complexity index is 1000. The van der Waals surface area contributed by atoms with Crippen LogP contribution in [0.3, 0.4) is 0 Å². The van der Waals surface area contributed by atoms with Crippen LogP contribution < -0.4 is 9.47 Å². The van der Waals surface area contributed by atoms with Crippen molar-refractivity contribution in [3.8, 4) is 17.2 Å². The van der Waals surface area contributed by atoms with E-state index in [-0.39, 0.29) is 5.75 Å². The highest BCUT2D eigenvalue weighted by atomic mass is 16.8. The lowest BCUT2D eigenvalue weighted by Gasteiger charge is -2.41. The molecule has 6 rings (SSSR count). The highest BCUT2D eigenvalue weighted by molar-refractivity contribution is 5.94. The van der Waals surface area contributed by atoms with Crippen molar-refractivity contribution in [1.82, 2.24) is 0 Å². The Hall–Kier alpha value is -2.76. The zero-order valence-corrected chi connectivity index (χ0v) is 13.0. The van der Waals surface area contributed by atoms with Gasteiger partial charge < -0.3 is 24.4 Å². The summed E-state index contributed by atoms with van der Waals surface area (Å²) in [5.41, 5.74) is 1.01. The summed E-state index contributed by atoms with van der Waals surface area (Å²) in [6.07, 6.45) is -1.78. The fraction of sp³-hybridized carbons (Fsp3) is 0.200. The zero-order chi connectivity index (χ0) is 16.8. The van der Waals surface area contributed by atoms with Gasteiger partial charge in [-0.25, -0.2) is 0 Å². The predicted molar refractivity (Wildman–Crippen MR) is 88.6 cm³/mol. The van der Waals surface area contributed by atoms with Crippen molar-refractivity contribution in [2.75, 3.05) is 0 Å². The molecule has 0 amide bonds. The standard InChI is InChI=1S/C20H14O5/c21-12-7-3-6-11-16(12)17(22)18-19(23-18)20(11)24-13-8-1-4-10-5-2-9-14(25-20)15(10)13/h1-9,17-19,21-22H/t17-,18+,19+/m0/s1. The minimum atomic E-state index is -1.21. The summed E-state index contributed by atoms with van der Waals surface area (Å²) in [5, 5.41) is 22.8. The molecule has 5 heteroatoms. The Morgan fingerprint density at radius 2 is 1.56 bits per heavy atom.